The largest absolute Gasteiger partial charge is 0.493 e. The summed E-state index contributed by atoms with van der Waals surface area (Å²) in [5.41, 5.74) is 6.22. The zero-order valence-electron chi connectivity index (χ0n) is 18.2. The summed E-state index contributed by atoms with van der Waals surface area (Å²) in [6.07, 6.45) is 3.39. The molecule has 0 aliphatic carbocycles. The van der Waals surface area contributed by atoms with Crippen LogP contribution in [0.4, 0.5) is 5.69 Å². The van der Waals surface area contributed by atoms with Gasteiger partial charge in [-0.15, -0.1) is 0 Å². The number of hydrogen-bond acceptors (Lipinski definition) is 3. The van der Waals surface area contributed by atoms with Crippen LogP contribution in [0.15, 0.2) is 81.9 Å². The quantitative estimate of drug-likeness (QED) is 0.283. The molecule has 0 spiro atoms. The number of halogens is 1. The van der Waals surface area contributed by atoms with E-state index < -0.39 is 0 Å². The zero-order valence-corrected chi connectivity index (χ0v) is 19.8. The summed E-state index contributed by atoms with van der Waals surface area (Å²) in [4.78, 5) is 12.7. The molecule has 0 saturated heterocycles. The average Bonchev–Trinajstić information content (AvgIpc) is 3.20. The number of amides is 1. The van der Waals surface area contributed by atoms with E-state index in [1.54, 1.807) is 12.3 Å². The monoisotopic (exact) mass is 489 g/mol. The van der Waals surface area contributed by atoms with Crippen LogP contribution < -0.4 is 10.1 Å². The van der Waals surface area contributed by atoms with Crippen molar-refractivity contribution in [3.8, 4) is 16.9 Å². The van der Waals surface area contributed by atoms with E-state index in [9.17, 15) is 4.79 Å². The van der Waals surface area contributed by atoms with Crippen molar-refractivity contribution in [2.75, 3.05) is 11.9 Å². The van der Waals surface area contributed by atoms with Gasteiger partial charge < -0.3 is 14.5 Å². The van der Waals surface area contributed by atoms with Crippen molar-refractivity contribution in [2.24, 2.45) is 0 Å². The highest BCUT2D eigenvalue weighted by Crippen LogP contribution is 2.40. The van der Waals surface area contributed by atoms with E-state index in [0.29, 0.717) is 6.61 Å². The van der Waals surface area contributed by atoms with Gasteiger partial charge in [0.1, 0.15) is 11.3 Å². The molecular weight excluding hydrogens is 466 g/mol. The molecule has 0 saturated carbocycles. The highest BCUT2D eigenvalue weighted by molar-refractivity contribution is 9.10. The SMILES string of the molecule is CCOc1c(/C(C)=C/C(=O)Nc2cccc(Br)c2)cc2c(-c3ccccc3)coc2c1C. The maximum atomic E-state index is 12.7. The van der Waals surface area contributed by atoms with Gasteiger partial charge in [0.05, 0.1) is 12.9 Å². The minimum absolute atomic E-state index is 0.198. The molecule has 0 bridgehead atoms. The Morgan fingerprint density at radius 3 is 2.62 bits per heavy atom. The molecule has 4 nitrogen and oxygen atoms in total. The van der Waals surface area contributed by atoms with E-state index in [4.69, 9.17) is 9.15 Å². The topological polar surface area (TPSA) is 51.5 Å². The maximum absolute atomic E-state index is 12.7. The van der Waals surface area contributed by atoms with Crippen molar-refractivity contribution in [2.45, 2.75) is 20.8 Å². The summed E-state index contributed by atoms with van der Waals surface area (Å²) in [5.74, 6) is 0.536. The second-order valence-corrected chi connectivity index (χ2v) is 8.45. The van der Waals surface area contributed by atoms with Gasteiger partial charge in [-0.2, -0.15) is 0 Å². The Morgan fingerprint density at radius 1 is 1.12 bits per heavy atom. The van der Waals surface area contributed by atoms with E-state index in [1.807, 2.05) is 63.2 Å². The predicted molar refractivity (Wildman–Crippen MR) is 134 cm³/mol. The Morgan fingerprint density at radius 2 is 1.91 bits per heavy atom. The second-order valence-electron chi connectivity index (χ2n) is 7.53. The fourth-order valence-electron chi connectivity index (χ4n) is 3.80. The molecule has 0 radical (unpaired) electrons. The average molecular weight is 490 g/mol. The third-order valence-electron chi connectivity index (χ3n) is 5.28. The van der Waals surface area contributed by atoms with Gasteiger partial charge in [0, 0.05) is 38.3 Å². The number of benzene rings is 3. The first-order chi connectivity index (χ1) is 15.5. The number of anilines is 1. The first-order valence-electron chi connectivity index (χ1n) is 10.5. The molecule has 0 atom stereocenters. The van der Waals surface area contributed by atoms with Crippen LogP contribution >= 0.6 is 15.9 Å². The molecule has 4 rings (SSSR count). The van der Waals surface area contributed by atoms with E-state index in [2.05, 4.69) is 39.4 Å². The molecule has 0 aliphatic rings. The van der Waals surface area contributed by atoms with Crippen molar-refractivity contribution < 1.29 is 13.9 Å². The summed E-state index contributed by atoms with van der Waals surface area (Å²) >= 11 is 3.43. The molecular formula is C27H24BrNO3. The molecule has 0 aliphatic heterocycles. The number of fused-ring (bicyclic) bond motifs is 1. The Hall–Kier alpha value is -3.31. The molecule has 1 amide bonds. The van der Waals surface area contributed by atoms with Crippen molar-refractivity contribution in [3.63, 3.8) is 0 Å². The molecule has 1 aromatic heterocycles. The molecule has 4 aromatic rings. The summed E-state index contributed by atoms with van der Waals surface area (Å²) < 4.78 is 12.8. The van der Waals surface area contributed by atoms with E-state index in [0.717, 1.165) is 54.7 Å². The van der Waals surface area contributed by atoms with Crippen LogP contribution in [-0.2, 0) is 4.79 Å². The number of carbonyl (C=O) groups excluding carboxylic acids is 1. The van der Waals surface area contributed by atoms with E-state index in [-0.39, 0.29) is 5.91 Å². The number of aryl methyl sites for hydroxylation is 1. The van der Waals surface area contributed by atoms with Gasteiger partial charge in [-0.3, -0.25) is 4.79 Å². The minimum Gasteiger partial charge on any atom is -0.493 e. The van der Waals surface area contributed by atoms with E-state index in [1.165, 1.54) is 0 Å². The number of allylic oxidation sites excluding steroid dienone is 1. The van der Waals surface area contributed by atoms with Gasteiger partial charge in [0.25, 0.3) is 0 Å². The van der Waals surface area contributed by atoms with Crippen molar-refractivity contribution in [3.05, 3.63) is 88.6 Å². The lowest BCUT2D eigenvalue weighted by molar-refractivity contribution is -0.111. The normalized spacial score (nSPS) is 11.6. The molecule has 3 aromatic carbocycles. The van der Waals surface area contributed by atoms with Gasteiger partial charge in [0.15, 0.2) is 0 Å². The van der Waals surface area contributed by atoms with Crippen molar-refractivity contribution >= 4 is 44.1 Å². The van der Waals surface area contributed by atoms with Gasteiger partial charge in [-0.05, 0) is 56.2 Å². The highest BCUT2D eigenvalue weighted by atomic mass is 79.9. The first-order valence-corrected chi connectivity index (χ1v) is 11.3. The van der Waals surface area contributed by atoms with Gasteiger partial charge >= 0.3 is 0 Å². The fourth-order valence-corrected chi connectivity index (χ4v) is 4.20. The summed E-state index contributed by atoms with van der Waals surface area (Å²) in [6, 6.07) is 19.7. The van der Waals surface area contributed by atoms with Crippen LogP contribution in [0.1, 0.15) is 25.0 Å². The Labute approximate surface area is 196 Å². The van der Waals surface area contributed by atoms with Crippen molar-refractivity contribution in [1.82, 2.24) is 0 Å². The summed E-state index contributed by atoms with van der Waals surface area (Å²) in [7, 11) is 0. The van der Waals surface area contributed by atoms with E-state index >= 15 is 0 Å². The summed E-state index contributed by atoms with van der Waals surface area (Å²) in [5, 5.41) is 3.91. The van der Waals surface area contributed by atoms with Gasteiger partial charge in [0.2, 0.25) is 5.91 Å². The molecule has 162 valence electrons. The maximum Gasteiger partial charge on any atom is 0.248 e. The van der Waals surface area contributed by atoms with Gasteiger partial charge in [-0.25, -0.2) is 0 Å². The lowest BCUT2D eigenvalue weighted by Gasteiger charge is -2.15. The Balaban J connectivity index is 1.78. The number of hydrogen-bond donors (Lipinski definition) is 1. The fraction of sp³-hybridized carbons (Fsp3) is 0.148. The summed E-state index contributed by atoms with van der Waals surface area (Å²) in [6.45, 7) is 6.38. The number of nitrogens with one attached hydrogen (secondary N) is 1. The van der Waals surface area contributed by atoms with Crippen molar-refractivity contribution in [1.29, 1.82) is 0 Å². The third kappa shape index (κ3) is 4.48. The lowest BCUT2D eigenvalue weighted by atomic mass is 9.96. The third-order valence-corrected chi connectivity index (χ3v) is 5.78. The van der Waals surface area contributed by atoms with Crippen LogP contribution in [0.3, 0.4) is 0 Å². The van der Waals surface area contributed by atoms with Crippen LogP contribution in [0.25, 0.3) is 27.7 Å². The van der Waals surface area contributed by atoms with Gasteiger partial charge in [-0.1, -0.05) is 52.3 Å². The number of furan rings is 1. The van der Waals surface area contributed by atoms with Crippen LogP contribution in [0.2, 0.25) is 0 Å². The highest BCUT2D eigenvalue weighted by Gasteiger charge is 2.19. The Bertz CT molecular complexity index is 1310. The number of rotatable bonds is 6. The number of ether oxygens (including phenoxy) is 1. The van der Waals surface area contributed by atoms with Crippen LogP contribution in [-0.4, -0.2) is 12.5 Å². The Kier molecular flexibility index (Phi) is 6.47. The van der Waals surface area contributed by atoms with Crippen LogP contribution in [0, 0.1) is 6.92 Å². The lowest BCUT2D eigenvalue weighted by Crippen LogP contribution is -2.09. The molecule has 5 heteroatoms. The second kappa shape index (κ2) is 9.45. The first kappa shape index (κ1) is 21.9. The zero-order chi connectivity index (χ0) is 22.7. The molecule has 0 fully saturated rings. The smallest absolute Gasteiger partial charge is 0.248 e. The van der Waals surface area contributed by atoms with Crippen LogP contribution in [0.5, 0.6) is 5.75 Å². The number of carbonyl (C=O) groups is 1. The predicted octanol–water partition coefficient (Wildman–Crippen LogP) is 7.61. The molecule has 32 heavy (non-hydrogen) atoms. The molecule has 0 unspecified atom stereocenters. The molecule has 1 heterocycles. The molecule has 1 N–H and O–H groups in total. The standard InChI is InChI=1S/C27H24BrNO3/c1-4-31-26-18(3)27-23(24(16-32-27)19-9-6-5-7-10-19)15-22(26)17(2)13-25(30)29-21-12-8-11-20(28)14-21/h5-16H,4H2,1-3H3,(H,29,30)/b17-13+. The minimum atomic E-state index is -0.198.